The molecule has 1 atom stereocenters. The maximum Gasteiger partial charge on any atom is 0.573 e. The van der Waals surface area contributed by atoms with Crippen molar-refractivity contribution < 1.29 is 22.7 Å². The van der Waals surface area contributed by atoms with Crippen molar-refractivity contribution in [2.45, 2.75) is 18.8 Å². The number of amides is 1. The van der Waals surface area contributed by atoms with Crippen molar-refractivity contribution in [2.24, 2.45) is 0 Å². The van der Waals surface area contributed by atoms with Crippen LogP contribution >= 0.6 is 0 Å². The van der Waals surface area contributed by atoms with Crippen LogP contribution in [0.4, 0.5) is 18.9 Å². The molecule has 1 saturated heterocycles. The van der Waals surface area contributed by atoms with E-state index >= 15 is 0 Å². The molecule has 5 nitrogen and oxygen atoms in total. The van der Waals surface area contributed by atoms with Gasteiger partial charge in [0, 0.05) is 18.2 Å². The van der Waals surface area contributed by atoms with Crippen LogP contribution in [-0.2, 0) is 0 Å². The zero-order valence-corrected chi connectivity index (χ0v) is 11.4. The molecule has 1 aliphatic heterocycles. The number of carbonyl (C=O) groups excluding carboxylic acids is 1. The number of hydrogen-bond donors (Lipinski definition) is 2. The second-order valence-electron chi connectivity index (χ2n) is 5.02. The largest absolute Gasteiger partial charge is 0.573 e. The Morgan fingerprint density at radius 3 is 2.71 bits per heavy atom. The maximum atomic E-state index is 12.1. The molecule has 0 radical (unpaired) electrons. The number of rotatable bonds is 3. The van der Waals surface area contributed by atoms with Crippen LogP contribution in [0.2, 0.25) is 0 Å². The fourth-order valence-electron chi connectivity index (χ4n) is 2.23. The number of nitrogen functional groups attached to an aromatic ring is 1. The van der Waals surface area contributed by atoms with Crippen molar-refractivity contribution in [1.29, 1.82) is 0 Å². The minimum absolute atomic E-state index is 0.0369. The van der Waals surface area contributed by atoms with Crippen molar-refractivity contribution in [3.05, 3.63) is 23.8 Å². The van der Waals surface area contributed by atoms with Crippen molar-refractivity contribution >= 4 is 11.6 Å². The molecule has 1 fully saturated rings. The van der Waals surface area contributed by atoms with Crippen LogP contribution in [0.1, 0.15) is 16.8 Å². The highest BCUT2D eigenvalue weighted by Gasteiger charge is 2.32. The van der Waals surface area contributed by atoms with Gasteiger partial charge in [0.1, 0.15) is 0 Å². The Morgan fingerprint density at radius 2 is 2.19 bits per heavy atom. The number of likely N-dealkylation sites (tertiary alicyclic amines) is 1. The number of carbonyl (C=O) groups is 1. The Morgan fingerprint density at radius 1 is 1.48 bits per heavy atom. The van der Waals surface area contributed by atoms with E-state index in [0.29, 0.717) is 0 Å². The van der Waals surface area contributed by atoms with E-state index < -0.39 is 12.1 Å². The first kappa shape index (κ1) is 15.4. The molecule has 1 aliphatic rings. The number of likely N-dealkylation sites (N-methyl/N-ethyl adjacent to an activating group) is 1. The number of halogens is 3. The highest BCUT2D eigenvalue weighted by atomic mass is 19.4. The van der Waals surface area contributed by atoms with Crippen molar-refractivity contribution in [1.82, 2.24) is 10.2 Å². The SMILES string of the molecule is CN1CCC(NC(=O)c2ccc(OC(F)(F)F)c(N)c2)C1. The van der Waals surface area contributed by atoms with Crippen LogP contribution in [0.3, 0.4) is 0 Å². The monoisotopic (exact) mass is 303 g/mol. The molecule has 0 bridgehead atoms. The molecule has 0 aromatic heterocycles. The van der Waals surface area contributed by atoms with E-state index in [2.05, 4.69) is 15.0 Å². The summed E-state index contributed by atoms with van der Waals surface area (Å²) in [4.78, 5) is 14.1. The van der Waals surface area contributed by atoms with Crippen LogP contribution in [0.15, 0.2) is 18.2 Å². The predicted octanol–water partition coefficient (Wildman–Crippen LogP) is 1.60. The topological polar surface area (TPSA) is 67.6 Å². The third-order valence-corrected chi connectivity index (χ3v) is 3.22. The van der Waals surface area contributed by atoms with Crippen LogP contribution in [-0.4, -0.2) is 43.3 Å². The van der Waals surface area contributed by atoms with Gasteiger partial charge >= 0.3 is 6.36 Å². The van der Waals surface area contributed by atoms with Crippen LogP contribution < -0.4 is 15.8 Å². The van der Waals surface area contributed by atoms with Gasteiger partial charge in [-0.1, -0.05) is 0 Å². The van der Waals surface area contributed by atoms with Gasteiger partial charge in [-0.25, -0.2) is 0 Å². The lowest BCUT2D eigenvalue weighted by atomic mass is 10.1. The molecule has 0 aliphatic carbocycles. The van der Waals surface area contributed by atoms with Gasteiger partial charge in [0.2, 0.25) is 0 Å². The summed E-state index contributed by atoms with van der Waals surface area (Å²) < 4.78 is 40.1. The number of benzene rings is 1. The van der Waals surface area contributed by atoms with Gasteiger partial charge in [0.25, 0.3) is 5.91 Å². The second kappa shape index (κ2) is 5.80. The lowest BCUT2D eigenvalue weighted by Crippen LogP contribution is -2.36. The lowest BCUT2D eigenvalue weighted by Gasteiger charge is -2.14. The fraction of sp³-hybridized carbons (Fsp3) is 0.462. The molecule has 0 spiro atoms. The first-order valence-corrected chi connectivity index (χ1v) is 6.39. The van der Waals surface area contributed by atoms with Gasteiger partial charge in [0.15, 0.2) is 5.75 Å². The van der Waals surface area contributed by atoms with E-state index in [0.717, 1.165) is 25.6 Å². The van der Waals surface area contributed by atoms with E-state index in [1.165, 1.54) is 12.1 Å². The minimum atomic E-state index is -4.81. The molecule has 0 saturated carbocycles. The van der Waals surface area contributed by atoms with Gasteiger partial charge < -0.3 is 20.7 Å². The Bertz CT molecular complexity index is 534. The van der Waals surface area contributed by atoms with Gasteiger partial charge in [-0.05, 0) is 38.2 Å². The summed E-state index contributed by atoms with van der Waals surface area (Å²) in [6, 6.07) is 3.51. The summed E-state index contributed by atoms with van der Waals surface area (Å²) in [5, 5.41) is 2.82. The Balaban J connectivity index is 2.03. The van der Waals surface area contributed by atoms with Crippen molar-refractivity contribution in [3.8, 4) is 5.75 Å². The molecule has 1 aromatic rings. The quantitative estimate of drug-likeness (QED) is 0.832. The van der Waals surface area contributed by atoms with Crippen LogP contribution in [0.25, 0.3) is 0 Å². The van der Waals surface area contributed by atoms with Gasteiger partial charge in [0.05, 0.1) is 5.69 Å². The number of alkyl halides is 3. The fourth-order valence-corrected chi connectivity index (χ4v) is 2.23. The predicted molar refractivity (Wildman–Crippen MR) is 70.9 cm³/mol. The Labute approximate surface area is 119 Å². The summed E-state index contributed by atoms with van der Waals surface area (Å²) in [5.41, 5.74) is 5.46. The number of hydrogen-bond acceptors (Lipinski definition) is 4. The summed E-state index contributed by atoms with van der Waals surface area (Å²) in [5.74, 6) is -0.875. The van der Waals surface area contributed by atoms with Crippen molar-refractivity contribution in [3.63, 3.8) is 0 Å². The summed E-state index contributed by atoms with van der Waals surface area (Å²) >= 11 is 0. The molecule has 3 N–H and O–H groups in total. The number of anilines is 1. The Hall–Kier alpha value is -1.96. The van der Waals surface area contributed by atoms with Crippen LogP contribution in [0.5, 0.6) is 5.75 Å². The van der Waals surface area contributed by atoms with E-state index in [9.17, 15) is 18.0 Å². The average Bonchev–Trinajstić information content (AvgIpc) is 2.75. The normalized spacial score (nSPS) is 19.5. The molecule has 21 heavy (non-hydrogen) atoms. The smallest absolute Gasteiger partial charge is 0.404 e. The number of ether oxygens (including phenoxy) is 1. The van der Waals surface area contributed by atoms with E-state index in [1.54, 1.807) is 0 Å². The molecule has 1 heterocycles. The Kier molecular flexibility index (Phi) is 4.26. The second-order valence-corrected chi connectivity index (χ2v) is 5.02. The standard InChI is InChI=1S/C13H16F3N3O2/c1-19-5-4-9(7-19)18-12(20)8-2-3-11(10(17)6-8)21-13(14,15)16/h2-3,6,9H,4-5,7,17H2,1H3,(H,18,20). The average molecular weight is 303 g/mol. The zero-order chi connectivity index (χ0) is 15.6. The third-order valence-electron chi connectivity index (χ3n) is 3.22. The number of nitrogens with two attached hydrogens (primary N) is 1. The number of nitrogens with one attached hydrogen (secondary N) is 1. The van der Waals surface area contributed by atoms with E-state index in [4.69, 9.17) is 5.73 Å². The molecule has 2 rings (SSSR count). The zero-order valence-electron chi connectivity index (χ0n) is 11.4. The van der Waals surface area contributed by atoms with E-state index in [-0.39, 0.29) is 23.2 Å². The first-order chi connectivity index (χ1) is 9.74. The molecule has 1 amide bonds. The highest BCUT2D eigenvalue weighted by molar-refractivity contribution is 5.95. The molecule has 1 unspecified atom stereocenters. The van der Waals surface area contributed by atoms with Gasteiger partial charge in [-0.15, -0.1) is 13.2 Å². The molecular weight excluding hydrogens is 287 g/mol. The molecule has 116 valence electrons. The van der Waals surface area contributed by atoms with Gasteiger partial charge in [-0.3, -0.25) is 4.79 Å². The molecule has 8 heteroatoms. The minimum Gasteiger partial charge on any atom is -0.404 e. The first-order valence-electron chi connectivity index (χ1n) is 6.39. The van der Waals surface area contributed by atoms with E-state index in [1.807, 2.05) is 7.05 Å². The molecular formula is C13H16F3N3O2. The van der Waals surface area contributed by atoms with Crippen molar-refractivity contribution in [2.75, 3.05) is 25.9 Å². The summed E-state index contributed by atoms with van der Waals surface area (Å²) in [6.07, 6.45) is -3.97. The number of nitrogens with zero attached hydrogens (tertiary/aromatic N) is 1. The van der Waals surface area contributed by atoms with Crippen LogP contribution in [0, 0.1) is 0 Å². The van der Waals surface area contributed by atoms with Gasteiger partial charge in [-0.2, -0.15) is 0 Å². The lowest BCUT2D eigenvalue weighted by molar-refractivity contribution is -0.274. The summed E-state index contributed by atoms with van der Waals surface area (Å²) in [6.45, 7) is 1.64. The molecule has 1 aromatic carbocycles. The maximum absolute atomic E-state index is 12.1. The highest BCUT2D eigenvalue weighted by Crippen LogP contribution is 2.29. The third kappa shape index (κ3) is 4.25. The summed E-state index contributed by atoms with van der Waals surface area (Å²) in [7, 11) is 1.95.